The summed E-state index contributed by atoms with van der Waals surface area (Å²) in [6.07, 6.45) is 0. The maximum absolute atomic E-state index is 6.23. The molecule has 3 N–H and O–H groups in total. The smallest absolute Gasteiger partial charge is 0.0900 e. The molecule has 0 spiro atoms. The Morgan fingerprint density at radius 2 is 2.06 bits per heavy atom. The van der Waals surface area contributed by atoms with Gasteiger partial charge in [-0.3, -0.25) is 5.84 Å². The van der Waals surface area contributed by atoms with Crippen molar-refractivity contribution < 1.29 is 0 Å². The number of hydrazine groups is 1. The van der Waals surface area contributed by atoms with Crippen molar-refractivity contribution in [2.45, 2.75) is 19.9 Å². The summed E-state index contributed by atoms with van der Waals surface area (Å²) in [5.74, 6) is 5.66. The third-order valence-corrected chi connectivity index (χ3v) is 4.63. The first-order valence-corrected chi connectivity index (χ1v) is 6.95. The van der Waals surface area contributed by atoms with Gasteiger partial charge in [-0.25, -0.2) is 10.4 Å². The van der Waals surface area contributed by atoms with Crippen molar-refractivity contribution in [1.29, 1.82) is 0 Å². The van der Waals surface area contributed by atoms with Crippen LogP contribution in [0, 0.1) is 13.8 Å². The number of nitrogens with zero attached hydrogens (tertiary/aromatic N) is 1. The monoisotopic (exact) mass is 301 g/mol. The number of halogens is 2. The van der Waals surface area contributed by atoms with E-state index in [2.05, 4.69) is 10.4 Å². The number of nitrogens with one attached hydrogen (secondary N) is 1. The number of thiazole rings is 1. The highest BCUT2D eigenvalue weighted by molar-refractivity contribution is 7.11. The van der Waals surface area contributed by atoms with Crippen molar-refractivity contribution in [3.63, 3.8) is 0 Å². The fourth-order valence-corrected chi connectivity index (χ4v) is 3.29. The van der Waals surface area contributed by atoms with Gasteiger partial charge in [0, 0.05) is 0 Å². The zero-order valence-corrected chi connectivity index (χ0v) is 12.3. The fourth-order valence-electron chi connectivity index (χ4n) is 1.87. The second-order valence-corrected chi connectivity index (χ2v) is 5.95. The molecule has 0 aliphatic rings. The van der Waals surface area contributed by atoms with Crippen molar-refractivity contribution in [3.8, 4) is 0 Å². The maximum Gasteiger partial charge on any atom is 0.0900 e. The van der Waals surface area contributed by atoms with Gasteiger partial charge in [0.2, 0.25) is 0 Å². The van der Waals surface area contributed by atoms with Crippen LogP contribution in [-0.4, -0.2) is 4.98 Å². The molecule has 0 aliphatic heterocycles. The Balaban J connectivity index is 2.52. The normalized spacial score (nSPS) is 12.7. The topological polar surface area (TPSA) is 50.9 Å². The molecule has 1 heterocycles. The summed E-state index contributed by atoms with van der Waals surface area (Å²) >= 11 is 13.9. The molecule has 0 fully saturated rings. The van der Waals surface area contributed by atoms with Crippen molar-refractivity contribution >= 4 is 34.5 Å². The van der Waals surface area contributed by atoms with Crippen LogP contribution in [0.15, 0.2) is 18.2 Å². The standard InChI is InChI=1S/C12H13Cl2N3S/c1-6-12(18-7(2)16-6)11(17-15)8-4-3-5-9(13)10(8)14/h3-5,11,17H,15H2,1-2H3. The third kappa shape index (κ3) is 2.53. The number of aryl methyl sites for hydroxylation is 2. The summed E-state index contributed by atoms with van der Waals surface area (Å²) in [5, 5.41) is 2.04. The summed E-state index contributed by atoms with van der Waals surface area (Å²) in [4.78, 5) is 5.46. The number of aromatic nitrogens is 1. The lowest BCUT2D eigenvalue weighted by Crippen LogP contribution is -2.29. The van der Waals surface area contributed by atoms with Crippen LogP contribution in [0.4, 0.5) is 0 Å². The molecule has 1 aromatic heterocycles. The molecule has 1 unspecified atom stereocenters. The van der Waals surface area contributed by atoms with Gasteiger partial charge in [-0.05, 0) is 25.5 Å². The Morgan fingerprint density at radius 1 is 1.33 bits per heavy atom. The van der Waals surface area contributed by atoms with Gasteiger partial charge >= 0.3 is 0 Å². The average Bonchev–Trinajstić information content (AvgIpc) is 2.65. The predicted molar refractivity (Wildman–Crippen MR) is 77.2 cm³/mol. The minimum Gasteiger partial charge on any atom is -0.271 e. The number of hydrogen-bond donors (Lipinski definition) is 2. The lowest BCUT2D eigenvalue weighted by atomic mass is 10.1. The van der Waals surface area contributed by atoms with Crippen LogP contribution in [0.3, 0.4) is 0 Å². The molecule has 2 rings (SSSR count). The van der Waals surface area contributed by atoms with Gasteiger partial charge in [-0.2, -0.15) is 0 Å². The molecule has 0 amide bonds. The highest BCUT2D eigenvalue weighted by Crippen LogP contribution is 2.35. The van der Waals surface area contributed by atoms with E-state index in [0.717, 1.165) is 21.1 Å². The van der Waals surface area contributed by atoms with Gasteiger partial charge in [-0.15, -0.1) is 11.3 Å². The summed E-state index contributed by atoms with van der Waals surface area (Å²) in [7, 11) is 0. The lowest BCUT2D eigenvalue weighted by Gasteiger charge is -2.17. The van der Waals surface area contributed by atoms with E-state index in [1.165, 1.54) is 0 Å². The molecular weight excluding hydrogens is 289 g/mol. The van der Waals surface area contributed by atoms with Crippen LogP contribution in [0.1, 0.15) is 27.2 Å². The second-order valence-electron chi connectivity index (χ2n) is 3.93. The van der Waals surface area contributed by atoms with Gasteiger partial charge in [0.1, 0.15) is 0 Å². The summed E-state index contributed by atoms with van der Waals surface area (Å²) in [6.45, 7) is 3.93. The van der Waals surface area contributed by atoms with E-state index < -0.39 is 0 Å². The fraction of sp³-hybridized carbons (Fsp3) is 0.250. The molecule has 96 valence electrons. The Bertz CT molecular complexity index is 568. The van der Waals surface area contributed by atoms with E-state index in [1.807, 2.05) is 26.0 Å². The molecule has 0 bridgehead atoms. The van der Waals surface area contributed by atoms with Gasteiger partial charge in [0.05, 0.1) is 31.7 Å². The summed E-state index contributed by atoms with van der Waals surface area (Å²) in [6, 6.07) is 5.33. The van der Waals surface area contributed by atoms with E-state index in [1.54, 1.807) is 17.4 Å². The average molecular weight is 302 g/mol. The highest BCUT2D eigenvalue weighted by Gasteiger charge is 2.21. The van der Waals surface area contributed by atoms with Crippen molar-refractivity contribution in [1.82, 2.24) is 10.4 Å². The number of rotatable bonds is 3. The summed E-state index contributed by atoms with van der Waals surface area (Å²) in [5.41, 5.74) is 4.60. The number of hydrogen-bond acceptors (Lipinski definition) is 4. The quantitative estimate of drug-likeness (QED) is 0.672. The van der Waals surface area contributed by atoms with Gasteiger partial charge in [0.15, 0.2) is 0 Å². The van der Waals surface area contributed by atoms with Crippen LogP contribution >= 0.6 is 34.5 Å². The first-order chi connectivity index (χ1) is 8.54. The molecule has 0 saturated heterocycles. The van der Waals surface area contributed by atoms with Crippen LogP contribution in [0.2, 0.25) is 10.0 Å². The Morgan fingerprint density at radius 3 is 2.61 bits per heavy atom. The SMILES string of the molecule is Cc1nc(C)c(C(NN)c2cccc(Cl)c2Cl)s1. The number of nitrogens with two attached hydrogens (primary N) is 1. The van der Waals surface area contributed by atoms with Crippen molar-refractivity contribution in [3.05, 3.63) is 49.4 Å². The molecule has 1 atom stereocenters. The molecule has 0 saturated carbocycles. The third-order valence-electron chi connectivity index (χ3n) is 2.66. The predicted octanol–water partition coefficient (Wildman–Crippen LogP) is 3.62. The first-order valence-electron chi connectivity index (χ1n) is 5.38. The lowest BCUT2D eigenvalue weighted by molar-refractivity contribution is 0.642. The molecule has 0 aliphatic carbocycles. The Hall–Kier alpha value is -0.650. The van der Waals surface area contributed by atoms with Crippen molar-refractivity contribution in [2.24, 2.45) is 5.84 Å². The van der Waals surface area contributed by atoms with Crippen LogP contribution in [0.25, 0.3) is 0 Å². The maximum atomic E-state index is 6.23. The summed E-state index contributed by atoms with van der Waals surface area (Å²) < 4.78 is 0. The zero-order valence-electron chi connectivity index (χ0n) is 10.00. The van der Waals surface area contributed by atoms with Crippen LogP contribution < -0.4 is 11.3 Å². The number of benzene rings is 1. The Kier molecular flexibility index (Phi) is 4.25. The Labute approximate surface area is 120 Å². The van der Waals surface area contributed by atoms with Gasteiger partial charge in [-0.1, -0.05) is 35.3 Å². The molecule has 18 heavy (non-hydrogen) atoms. The zero-order chi connectivity index (χ0) is 13.3. The minimum absolute atomic E-state index is 0.192. The minimum atomic E-state index is -0.192. The second kappa shape index (κ2) is 5.55. The highest BCUT2D eigenvalue weighted by atomic mass is 35.5. The molecule has 1 aromatic carbocycles. The van der Waals surface area contributed by atoms with E-state index in [4.69, 9.17) is 29.0 Å². The molecule has 2 aromatic rings. The van der Waals surface area contributed by atoms with Crippen LogP contribution in [0.5, 0.6) is 0 Å². The van der Waals surface area contributed by atoms with E-state index in [9.17, 15) is 0 Å². The largest absolute Gasteiger partial charge is 0.271 e. The van der Waals surface area contributed by atoms with Crippen LogP contribution in [-0.2, 0) is 0 Å². The molecule has 3 nitrogen and oxygen atoms in total. The molecular formula is C12H13Cl2N3S. The van der Waals surface area contributed by atoms with E-state index >= 15 is 0 Å². The van der Waals surface area contributed by atoms with Crippen molar-refractivity contribution in [2.75, 3.05) is 0 Å². The molecule has 6 heteroatoms. The van der Waals surface area contributed by atoms with Gasteiger partial charge in [0.25, 0.3) is 0 Å². The van der Waals surface area contributed by atoms with E-state index in [0.29, 0.717) is 10.0 Å². The first kappa shape index (κ1) is 13.8. The molecule has 0 radical (unpaired) electrons. The van der Waals surface area contributed by atoms with E-state index in [-0.39, 0.29) is 6.04 Å². The van der Waals surface area contributed by atoms with Gasteiger partial charge < -0.3 is 0 Å².